The molecule has 21 heavy (non-hydrogen) atoms. The van der Waals surface area contributed by atoms with E-state index >= 15 is 0 Å². The topological polar surface area (TPSA) is 121 Å². The summed E-state index contributed by atoms with van der Waals surface area (Å²) >= 11 is 0. The van der Waals surface area contributed by atoms with Gasteiger partial charge < -0.3 is 0 Å². The molecule has 0 amide bonds. The fourth-order valence-corrected chi connectivity index (χ4v) is 2.85. The SMILES string of the molecule is CC(C)n1c(-c2cnn3ccncc23)nnc1S(N)(=O)=O. The van der Waals surface area contributed by atoms with Crippen LogP contribution in [0.25, 0.3) is 16.9 Å². The van der Waals surface area contributed by atoms with E-state index in [1.165, 1.54) is 4.57 Å². The molecule has 0 aliphatic heterocycles. The normalized spacial score (nSPS) is 12.4. The summed E-state index contributed by atoms with van der Waals surface area (Å²) in [4.78, 5) is 4.04. The van der Waals surface area contributed by atoms with E-state index in [4.69, 9.17) is 5.14 Å². The smallest absolute Gasteiger partial charge is 0.273 e. The molecule has 0 atom stereocenters. The molecule has 0 saturated heterocycles. The van der Waals surface area contributed by atoms with Crippen molar-refractivity contribution in [2.24, 2.45) is 5.14 Å². The third kappa shape index (κ3) is 2.17. The van der Waals surface area contributed by atoms with E-state index in [1.54, 1.807) is 29.3 Å². The van der Waals surface area contributed by atoms with Crippen molar-refractivity contribution >= 4 is 15.5 Å². The Morgan fingerprint density at radius 1 is 1.24 bits per heavy atom. The van der Waals surface area contributed by atoms with Gasteiger partial charge in [0.15, 0.2) is 5.82 Å². The Morgan fingerprint density at radius 2 is 2.00 bits per heavy atom. The molecule has 2 N–H and O–H groups in total. The number of aromatic nitrogens is 6. The molecule has 0 aromatic carbocycles. The minimum Gasteiger partial charge on any atom is -0.294 e. The largest absolute Gasteiger partial charge is 0.294 e. The molecule has 0 radical (unpaired) electrons. The van der Waals surface area contributed by atoms with Gasteiger partial charge in [-0.2, -0.15) is 5.10 Å². The van der Waals surface area contributed by atoms with E-state index in [2.05, 4.69) is 20.3 Å². The summed E-state index contributed by atoms with van der Waals surface area (Å²) in [6, 6.07) is -0.185. The second kappa shape index (κ2) is 4.60. The Kier molecular flexibility index (Phi) is 2.99. The van der Waals surface area contributed by atoms with Crippen LogP contribution in [0.3, 0.4) is 0 Å². The zero-order valence-corrected chi connectivity index (χ0v) is 12.2. The molecule has 3 aromatic heterocycles. The maximum Gasteiger partial charge on any atom is 0.273 e. The maximum atomic E-state index is 11.6. The standard InChI is InChI=1S/C11H13N7O2S/c1-7(2)18-10(15-16-11(18)21(12,19)20)8-5-14-17-4-3-13-6-9(8)17/h3-7H,1-2H3,(H2,12,19,20). The monoisotopic (exact) mass is 307 g/mol. The molecule has 110 valence electrons. The van der Waals surface area contributed by atoms with Gasteiger partial charge in [-0.05, 0) is 13.8 Å². The zero-order chi connectivity index (χ0) is 15.2. The van der Waals surface area contributed by atoms with E-state index in [0.29, 0.717) is 16.9 Å². The van der Waals surface area contributed by atoms with Gasteiger partial charge in [0.05, 0.1) is 23.5 Å². The Bertz CT molecular complexity index is 910. The van der Waals surface area contributed by atoms with Gasteiger partial charge in [0.1, 0.15) is 0 Å². The molecule has 3 aromatic rings. The van der Waals surface area contributed by atoms with Crippen molar-refractivity contribution in [3.8, 4) is 11.4 Å². The number of nitrogens with two attached hydrogens (primary N) is 1. The molecule has 9 nitrogen and oxygen atoms in total. The number of hydrogen-bond acceptors (Lipinski definition) is 6. The molecule has 0 saturated carbocycles. The lowest BCUT2D eigenvalue weighted by Gasteiger charge is -2.12. The van der Waals surface area contributed by atoms with Crippen LogP contribution in [-0.4, -0.2) is 37.8 Å². The van der Waals surface area contributed by atoms with E-state index in [0.717, 1.165) is 0 Å². The predicted molar refractivity (Wildman–Crippen MR) is 73.8 cm³/mol. The molecular weight excluding hydrogens is 294 g/mol. The van der Waals surface area contributed by atoms with Gasteiger partial charge in [0.2, 0.25) is 0 Å². The van der Waals surface area contributed by atoms with Gasteiger partial charge in [0.25, 0.3) is 15.2 Å². The first-order valence-corrected chi connectivity index (χ1v) is 7.69. The number of sulfonamides is 1. The van der Waals surface area contributed by atoms with E-state index in [-0.39, 0.29) is 11.2 Å². The second-order valence-corrected chi connectivity index (χ2v) is 6.23. The van der Waals surface area contributed by atoms with Crippen LogP contribution < -0.4 is 5.14 Å². The third-order valence-electron chi connectivity index (χ3n) is 3.00. The van der Waals surface area contributed by atoms with Crippen LogP contribution in [0, 0.1) is 0 Å². The first kappa shape index (κ1) is 13.6. The Hall–Kier alpha value is -2.33. The van der Waals surface area contributed by atoms with Gasteiger partial charge in [-0.1, -0.05) is 0 Å². The highest BCUT2D eigenvalue weighted by atomic mass is 32.2. The summed E-state index contributed by atoms with van der Waals surface area (Å²) in [5.74, 6) is 0.386. The molecule has 0 fully saturated rings. The van der Waals surface area contributed by atoms with Gasteiger partial charge in [-0.15, -0.1) is 10.2 Å². The van der Waals surface area contributed by atoms with Crippen molar-refractivity contribution < 1.29 is 8.42 Å². The molecule has 3 heterocycles. The summed E-state index contributed by atoms with van der Waals surface area (Å²) < 4.78 is 26.3. The number of nitrogens with zero attached hydrogens (tertiary/aromatic N) is 6. The average Bonchev–Trinajstić information content (AvgIpc) is 3.01. The minimum atomic E-state index is -3.96. The van der Waals surface area contributed by atoms with Gasteiger partial charge >= 0.3 is 0 Å². The number of fused-ring (bicyclic) bond motifs is 1. The van der Waals surface area contributed by atoms with Crippen molar-refractivity contribution in [3.05, 3.63) is 24.8 Å². The van der Waals surface area contributed by atoms with E-state index in [9.17, 15) is 8.42 Å². The van der Waals surface area contributed by atoms with Crippen LogP contribution >= 0.6 is 0 Å². The van der Waals surface area contributed by atoms with Crippen LogP contribution in [0.15, 0.2) is 29.9 Å². The summed E-state index contributed by atoms with van der Waals surface area (Å²) in [5.41, 5.74) is 1.34. The molecule has 10 heteroatoms. The van der Waals surface area contributed by atoms with Crippen molar-refractivity contribution in [1.82, 2.24) is 29.4 Å². The quantitative estimate of drug-likeness (QED) is 0.738. The first-order chi connectivity index (χ1) is 9.89. The van der Waals surface area contributed by atoms with Crippen LogP contribution in [0.5, 0.6) is 0 Å². The highest BCUT2D eigenvalue weighted by Gasteiger charge is 2.25. The minimum absolute atomic E-state index is 0.185. The molecule has 0 unspecified atom stereocenters. The lowest BCUT2D eigenvalue weighted by atomic mass is 10.2. The molecule has 0 bridgehead atoms. The Balaban J connectivity index is 2.31. The maximum absolute atomic E-state index is 11.6. The molecular formula is C11H13N7O2S. The molecule has 0 spiro atoms. The van der Waals surface area contributed by atoms with Crippen LogP contribution in [0.2, 0.25) is 0 Å². The lowest BCUT2D eigenvalue weighted by Crippen LogP contribution is -2.20. The van der Waals surface area contributed by atoms with Crippen molar-refractivity contribution in [2.45, 2.75) is 25.0 Å². The van der Waals surface area contributed by atoms with E-state index in [1.807, 2.05) is 13.8 Å². The van der Waals surface area contributed by atoms with Crippen molar-refractivity contribution in [1.29, 1.82) is 0 Å². The molecule has 0 aliphatic carbocycles. The highest BCUT2D eigenvalue weighted by Crippen LogP contribution is 2.26. The van der Waals surface area contributed by atoms with Crippen LogP contribution in [-0.2, 0) is 10.0 Å². The second-order valence-electron chi connectivity index (χ2n) is 4.78. The third-order valence-corrected chi connectivity index (χ3v) is 3.79. The van der Waals surface area contributed by atoms with Crippen LogP contribution in [0.4, 0.5) is 0 Å². The number of rotatable bonds is 3. The summed E-state index contributed by atoms with van der Waals surface area (Å²) in [7, 11) is -3.96. The summed E-state index contributed by atoms with van der Waals surface area (Å²) in [6.45, 7) is 3.65. The summed E-state index contributed by atoms with van der Waals surface area (Å²) in [6.07, 6.45) is 6.51. The summed E-state index contributed by atoms with van der Waals surface area (Å²) in [5, 5.41) is 16.8. The Morgan fingerprint density at radius 3 is 2.67 bits per heavy atom. The van der Waals surface area contributed by atoms with Crippen molar-refractivity contribution in [2.75, 3.05) is 0 Å². The fourth-order valence-electron chi connectivity index (χ4n) is 2.13. The molecule has 3 rings (SSSR count). The lowest BCUT2D eigenvalue weighted by molar-refractivity contribution is 0.524. The van der Waals surface area contributed by atoms with Gasteiger partial charge in [0, 0.05) is 18.4 Å². The van der Waals surface area contributed by atoms with Crippen LogP contribution in [0.1, 0.15) is 19.9 Å². The van der Waals surface area contributed by atoms with E-state index < -0.39 is 10.0 Å². The zero-order valence-electron chi connectivity index (χ0n) is 11.4. The van der Waals surface area contributed by atoms with Crippen molar-refractivity contribution in [3.63, 3.8) is 0 Å². The Labute approximate surface area is 120 Å². The molecule has 0 aliphatic rings. The highest BCUT2D eigenvalue weighted by molar-refractivity contribution is 7.89. The average molecular weight is 307 g/mol. The number of primary sulfonamides is 1. The number of hydrogen-bond donors (Lipinski definition) is 1. The predicted octanol–water partition coefficient (Wildman–Crippen LogP) is 0.216. The fraction of sp³-hybridized carbons (Fsp3) is 0.273. The van der Waals surface area contributed by atoms with Gasteiger partial charge in [-0.3, -0.25) is 9.55 Å². The van der Waals surface area contributed by atoms with Gasteiger partial charge in [-0.25, -0.2) is 18.1 Å². The first-order valence-electron chi connectivity index (χ1n) is 6.15.